The van der Waals surface area contributed by atoms with Crippen molar-refractivity contribution in [2.45, 2.75) is 32.2 Å². The Kier molecular flexibility index (Phi) is 6.73. The summed E-state index contributed by atoms with van der Waals surface area (Å²) in [5.74, 6) is -1.54. The number of carbonyl (C=O) groups excluding carboxylic acids is 1. The second-order valence-corrected chi connectivity index (χ2v) is 4.95. The van der Waals surface area contributed by atoms with Gasteiger partial charge in [-0.2, -0.15) is 0 Å². The number of aryl methyl sites for hydroxylation is 1. The van der Waals surface area contributed by atoms with Crippen molar-refractivity contribution >= 4 is 11.9 Å². The van der Waals surface area contributed by atoms with E-state index in [0.717, 1.165) is 12.0 Å². The highest BCUT2D eigenvalue weighted by atomic mass is 16.4. The molecule has 0 saturated carbocycles. The molecule has 0 radical (unpaired) electrons. The van der Waals surface area contributed by atoms with E-state index in [9.17, 15) is 9.59 Å². The van der Waals surface area contributed by atoms with Crippen molar-refractivity contribution in [2.75, 3.05) is 6.54 Å². The van der Waals surface area contributed by atoms with Crippen LogP contribution in [0.1, 0.15) is 25.3 Å². The molecular formula is C15H22N2O3. The van der Waals surface area contributed by atoms with Crippen molar-refractivity contribution < 1.29 is 14.7 Å². The van der Waals surface area contributed by atoms with Crippen LogP contribution in [0.25, 0.3) is 0 Å². The van der Waals surface area contributed by atoms with Crippen LogP contribution < -0.4 is 11.1 Å². The third-order valence-corrected chi connectivity index (χ3v) is 3.22. The topological polar surface area (TPSA) is 92.4 Å². The molecule has 2 unspecified atom stereocenters. The molecule has 1 rings (SSSR count). The molecule has 0 fully saturated rings. The van der Waals surface area contributed by atoms with Gasteiger partial charge >= 0.3 is 5.97 Å². The third kappa shape index (κ3) is 5.84. The first-order valence-electron chi connectivity index (χ1n) is 6.80. The highest BCUT2D eigenvalue weighted by molar-refractivity contribution is 5.81. The monoisotopic (exact) mass is 278 g/mol. The number of benzene rings is 1. The summed E-state index contributed by atoms with van der Waals surface area (Å²) >= 11 is 0. The molecule has 1 aromatic carbocycles. The molecule has 0 aromatic heterocycles. The zero-order valence-electron chi connectivity index (χ0n) is 11.7. The first-order chi connectivity index (χ1) is 9.50. The Morgan fingerprint density at radius 2 is 1.90 bits per heavy atom. The summed E-state index contributed by atoms with van der Waals surface area (Å²) in [5.41, 5.74) is 6.96. The second kappa shape index (κ2) is 8.32. The average Bonchev–Trinajstić information content (AvgIpc) is 2.45. The predicted molar refractivity (Wildman–Crippen MR) is 77.2 cm³/mol. The highest BCUT2D eigenvalue weighted by Crippen LogP contribution is 2.04. The minimum absolute atomic E-state index is 0.224. The minimum Gasteiger partial charge on any atom is -0.481 e. The van der Waals surface area contributed by atoms with E-state index in [1.54, 1.807) is 6.92 Å². The van der Waals surface area contributed by atoms with E-state index >= 15 is 0 Å². The second-order valence-electron chi connectivity index (χ2n) is 4.95. The lowest BCUT2D eigenvalue weighted by Crippen LogP contribution is -2.41. The van der Waals surface area contributed by atoms with Crippen LogP contribution >= 0.6 is 0 Å². The smallest absolute Gasteiger partial charge is 0.306 e. The van der Waals surface area contributed by atoms with Gasteiger partial charge in [0, 0.05) is 6.54 Å². The van der Waals surface area contributed by atoms with Gasteiger partial charge in [0.2, 0.25) is 5.91 Å². The quantitative estimate of drug-likeness (QED) is 0.665. The van der Waals surface area contributed by atoms with Crippen molar-refractivity contribution in [1.82, 2.24) is 5.32 Å². The fourth-order valence-electron chi connectivity index (χ4n) is 1.76. The van der Waals surface area contributed by atoms with E-state index in [1.807, 2.05) is 30.3 Å². The molecule has 5 heteroatoms. The molecule has 20 heavy (non-hydrogen) atoms. The molecule has 2 atom stereocenters. The number of rotatable bonds is 8. The summed E-state index contributed by atoms with van der Waals surface area (Å²) in [6.45, 7) is 1.95. The van der Waals surface area contributed by atoms with Crippen molar-refractivity contribution in [3.8, 4) is 0 Å². The minimum atomic E-state index is -0.854. The molecule has 0 aliphatic heterocycles. The van der Waals surface area contributed by atoms with E-state index in [0.29, 0.717) is 19.4 Å². The van der Waals surface area contributed by atoms with Crippen LogP contribution in [0.5, 0.6) is 0 Å². The normalized spacial score (nSPS) is 13.5. The Bertz CT molecular complexity index is 434. The van der Waals surface area contributed by atoms with Crippen LogP contribution in [0.3, 0.4) is 0 Å². The molecule has 0 aliphatic rings. The molecule has 5 nitrogen and oxygen atoms in total. The van der Waals surface area contributed by atoms with Crippen LogP contribution in [0.15, 0.2) is 30.3 Å². The number of nitrogens with two attached hydrogens (primary N) is 1. The predicted octanol–water partition coefficient (Wildman–Crippen LogP) is 1.17. The molecule has 1 aromatic rings. The summed E-state index contributed by atoms with van der Waals surface area (Å²) in [7, 11) is 0. The Balaban J connectivity index is 2.24. The van der Waals surface area contributed by atoms with E-state index in [2.05, 4.69) is 5.32 Å². The lowest BCUT2D eigenvalue weighted by molar-refractivity contribution is -0.141. The van der Waals surface area contributed by atoms with Crippen LogP contribution in [-0.4, -0.2) is 29.6 Å². The lowest BCUT2D eigenvalue weighted by atomic mass is 10.0. The van der Waals surface area contributed by atoms with Crippen LogP contribution in [0.4, 0.5) is 0 Å². The number of carbonyl (C=O) groups is 2. The number of carboxylic acid groups (broad SMARTS) is 1. The maximum atomic E-state index is 11.7. The van der Waals surface area contributed by atoms with Crippen molar-refractivity contribution in [1.29, 1.82) is 0 Å². The van der Waals surface area contributed by atoms with Crippen LogP contribution in [0, 0.1) is 5.92 Å². The summed E-state index contributed by atoms with van der Waals surface area (Å²) < 4.78 is 0. The number of hydrogen-bond donors (Lipinski definition) is 3. The highest BCUT2D eigenvalue weighted by Gasteiger charge is 2.15. The molecule has 0 spiro atoms. The number of carboxylic acids is 1. The van der Waals surface area contributed by atoms with Gasteiger partial charge < -0.3 is 16.2 Å². The van der Waals surface area contributed by atoms with Gasteiger partial charge in [-0.15, -0.1) is 0 Å². The molecule has 0 heterocycles. The van der Waals surface area contributed by atoms with Gasteiger partial charge in [0.15, 0.2) is 0 Å². The van der Waals surface area contributed by atoms with E-state index < -0.39 is 17.9 Å². The maximum Gasteiger partial charge on any atom is 0.306 e. The van der Waals surface area contributed by atoms with Crippen molar-refractivity contribution in [3.05, 3.63) is 35.9 Å². The third-order valence-electron chi connectivity index (χ3n) is 3.22. The van der Waals surface area contributed by atoms with Crippen molar-refractivity contribution in [3.63, 3.8) is 0 Å². The standard InChI is InChI=1S/C15H22N2O3/c1-11(15(19)20)9-10-17-14(18)13(16)8-7-12-5-3-2-4-6-12/h2-6,11,13H,7-10,16H2,1H3,(H,17,18)(H,19,20). The van der Waals surface area contributed by atoms with Gasteiger partial charge in [-0.3, -0.25) is 9.59 Å². The zero-order valence-corrected chi connectivity index (χ0v) is 11.7. The molecule has 4 N–H and O–H groups in total. The SMILES string of the molecule is CC(CCNC(=O)C(N)CCc1ccccc1)C(=O)O. The van der Waals surface area contributed by atoms with E-state index in [1.165, 1.54) is 0 Å². The summed E-state index contributed by atoms with van der Waals surface area (Å²) in [5, 5.41) is 11.4. The fourth-order valence-corrected chi connectivity index (χ4v) is 1.76. The number of amides is 1. The largest absolute Gasteiger partial charge is 0.481 e. The van der Waals surface area contributed by atoms with Gasteiger partial charge in [0.25, 0.3) is 0 Å². The first kappa shape index (κ1) is 16.2. The maximum absolute atomic E-state index is 11.7. The summed E-state index contributed by atoms with van der Waals surface area (Å²) in [4.78, 5) is 22.4. The van der Waals surface area contributed by atoms with E-state index in [-0.39, 0.29) is 5.91 Å². The Labute approximate surface area is 119 Å². The summed E-state index contributed by atoms with van der Waals surface area (Å²) in [6.07, 6.45) is 1.73. The average molecular weight is 278 g/mol. The molecule has 0 aliphatic carbocycles. The molecule has 1 amide bonds. The fraction of sp³-hybridized carbons (Fsp3) is 0.467. The molecule has 0 saturated heterocycles. The zero-order chi connectivity index (χ0) is 15.0. The first-order valence-corrected chi connectivity index (χ1v) is 6.80. The lowest BCUT2D eigenvalue weighted by Gasteiger charge is -2.13. The molecule has 110 valence electrons. The van der Waals surface area contributed by atoms with Crippen LogP contribution in [-0.2, 0) is 16.0 Å². The van der Waals surface area contributed by atoms with Gasteiger partial charge in [0.1, 0.15) is 0 Å². The van der Waals surface area contributed by atoms with Gasteiger partial charge in [0.05, 0.1) is 12.0 Å². The Morgan fingerprint density at radius 3 is 2.50 bits per heavy atom. The van der Waals surface area contributed by atoms with Crippen molar-refractivity contribution in [2.24, 2.45) is 11.7 Å². The Hall–Kier alpha value is -1.88. The number of aliphatic carboxylic acids is 1. The number of hydrogen-bond acceptors (Lipinski definition) is 3. The van der Waals surface area contributed by atoms with Gasteiger partial charge in [-0.05, 0) is 24.8 Å². The Morgan fingerprint density at radius 1 is 1.25 bits per heavy atom. The van der Waals surface area contributed by atoms with Gasteiger partial charge in [-0.1, -0.05) is 37.3 Å². The number of nitrogens with one attached hydrogen (secondary N) is 1. The van der Waals surface area contributed by atoms with Gasteiger partial charge in [-0.25, -0.2) is 0 Å². The van der Waals surface area contributed by atoms with E-state index in [4.69, 9.17) is 10.8 Å². The molecule has 0 bridgehead atoms. The summed E-state index contributed by atoms with van der Waals surface area (Å²) in [6, 6.07) is 9.29. The molecular weight excluding hydrogens is 256 g/mol. The van der Waals surface area contributed by atoms with Crippen LogP contribution in [0.2, 0.25) is 0 Å².